The molecule has 2 aromatic carbocycles. The van der Waals surface area contributed by atoms with E-state index in [-0.39, 0.29) is 30.7 Å². The predicted octanol–water partition coefficient (Wildman–Crippen LogP) is 6.24. The lowest BCUT2D eigenvalue weighted by Gasteiger charge is -2.32. The Hall–Kier alpha value is -3.47. The normalized spacial score (nSPS) is 14.1. The van der Waals surface area contributed by atoms with E-state index >= 15 is 0 Å². The molecule has 1 aliphatic carbocycles. The maximum atomic E-state index is 13.3. The van der Waals surface area contributed by atoms with Crippen molar-refractivity contribution < 1.29 is 35.0 Å². The molecule has 0 aliphatic heterocycles. The second kappa shape index (κ2) is 11.7. The molecule has 0 bridgehead atoms. The van der Waals surface area contributed by atoms with E-state index in [1.807, 2.05) is 24.8 Å². The Balaban J connectivity index is 1.71. The molecule has 1 aromatic heterocycles. The van der Waals surface area contributed by atoms with Gasteiger partial charge in [0.2, 0.25) is 5.91 Å². The van der Waals surface area contributed by atoms with Gasteiger partial charge in [-0.15, -0.1) is 0 Å². The Bertz CT molecular complexity index is 1380. The number of anilines is 1. The Labute approximate surface area is 226 Å². The molecule has 11 heteroatoms. The summed E-state index contributed by atoms with van der Waals surface area (Å²) in [5.41, 5.74) is -0.0124. The van der Waals surface area contributed by atoms with Crippen LogP contribution >= 0.6 is 0 Å². The zero-order valence-electron chi connectivity index (χ0n) is 21.8. The number of alkyl halides is 3. The van der Waals surface area contributed by atoms with Gasteiger partial charge in [0.1, 0.15) is 16.4 Å². The van der Waals surface area contributed by atoms with Gasteiger partial charge in [-0.25, -0.2) is 0 Å². The van der Waals surface area contributed by atoms with Crippen LogP contribution in [0.25, 0.3) is 0 Å². The summed E-state index contributed by atoms with van der Waals surface area (Å²) in [7, 11) is -4.63. The number of halogens is 3. The second-order valence-electron chi connectivity index (χ2n) is 9.43. The van der Waals surface area contributed by atoms with Gasteiger partial charge in [0.15, 0.2) is 0 Å². The van der Waals surface area contributed by atoms with Crippen LogP contribution in [-0.2, 0) is 34.2 Å². The first-order chi connectivity index (χ1) is 18.5. The second-order valence-corrected chi connectivity index (χ2v) is 11.0. The predicted molar refractivity (Wildman–Crippen MR) is 140 cm³/mol. The molecule has 1 saturated carbocycles. The highest BCUT2D eigenvalue weighted by atomic mass is 32.2. The number of carbonyl (C=O) groups excluding carboxylic acids is 1. The van der Waals surface area contributed by atoms with Crippen LogP contribution < -0.4 is 9.08 Å². The molecule has 0 unspecified atom stereocenters. The van der Waals surface area contributed by atoms with Crippen LogP contribution in [0.2, 0.25) is 0 Å². The molecular weight excluding hydrogens is 533 g/mol. The van der Waals surface area contributed by atoms with Gasteiger partial charge in [0.25, 0.3) is 0 Å². The van der Waals surface area contributed by atoms with Crippen LogP contribution in [0.3, 0.4) is 0 Å². The molecule has 210 valence electrons. The third kappa shape index (κ3) is 6.76. The summed E-state index contributed by atoms with van der Waals surface area (Å²) in [5.74, 6) is 0.328. The fourth-order valence-corrected chi connectivity index (χ4v) is 5.46. The van der Waals surface area contributed by atoms with Gasteiger partial charge in [0, 0.05) is 42.9 Å². The summed E-state index contributed by atoms with van der Waals surface area (Å²) in [6, 6.07) is 11.9. The van der Waals surface area contributed by atoms with Crippen LogP contribution in [0.15, 0.2) is 70.2 Å². The molecular formula is C28H31F3N2O5S. The average Bonchev–Trinajstić information content (AvgIpc) is 3.37. The zero-order chi connectivity index (χ0) is 28.2. The minimum atomic E-state index is -4.71. The van der Waals surface area contributed by atoms with Crippen molar-refractivity contribution in [1.82, 2.24) is 4.90 Å². The van der Waals surface area contributed by atoms with E-state index in [1.54, 1.807) is 29.2 Å². The number of benzene rings is 2. The van der Waals surface area contributed by atoms with Crippen molar-refractivity contribution in [3.63, 3.8) is 0 Å². The molecule has 0 N–H and O–H groups in total. The molecule has 0 spiro atoms. The average molecular weight is 565 g/mol. The molecule has 3 aromatic rings. The molecule has 0 atom stereocenters. The number of hydrogen-bond donors (Lipinski definition) is 0. The first kappa shape index (κ1) is 28.5. The lowest BCUT2D eigenvalue weighted by molar-refractivity contribution is -0.140. The van der Waals surface area contributed by atoms with E-state index in [2.05, 4.69) is 0 Å². The lowest BCUT2D eigenvalue weighted by atomic mass is 9.84. The van der Waals surface area contributed by atoms with E-state index in [0.717, 1.165) is 37.5 Å². The van der Waals surface area contributed by atoms with Crippen LogP contribution in [0.5, 0.6) is 5.75 Å². The maximum Gasteiger partial charge on any atom is 0.416 e. The Kier molecular flexibility index (Phi) is 8.58. The zero-order valence-corrected chi connectivity index (χ0v) is 22.6. The fraction of sp³-hybridized carbons (Fsp3) is 0.393. The quantitative estimate of drug-likeness (QED) is 0.257. The number of carbonyl (C=O) groups is 1. The summed E-state index contributed by atoms with van der Waals surface area (Å²) < 4.78 is 77.1. The monoisotopic (exact) mass is 564 g/mol. The van der Waals surface area contributed by atoms with Gasteiger partial charge in [-0.1, -0.05) is 18.6 Å². The standard InChI is InChI=1S/C28H31F3N2O5S/c1-3-32(4-2)23-14-13-21(18-33(19-24-11-7-15-37-24)27(34)20-8-5-9-20)26(17-23)38-39(35,36)25-12-6-10-22(16-25)28(29,30)31/h6-7,10-17,20H,3-5,8-9,18-19H2,1-2H3. The molecule has 1 fully saturated rings. The molecule has 0 radical (unpaired) electrons. The van der Waals surface area contributed by atoms with Gasteiger partial charge in [-0.3, -0.25) is 4.79 Å². The first-order valence-electron chi connectivity index (χ1n) is 12.8. The molecule has 1 amide bonds. The van der Waals surface area contributed by atoms with Crippen molar-refractivity contribution in [2.24, 2.45) is 5.92 Å². The third-order valence-corrected chi connectivity index (χ3v) is 8.11. The van der Waals surface area contributed by atoms with Crippen LogP contribution in [-0.4, -0.2) is 32.3 Å². The molecule has 7 nitrogen and oxygen atoms in total. The molecule has 0 saturated heterocycles. The molecule has 4 rings (SSSR count). The highest BCUT2D eigenvalue weighted by Crippen LogP contribution is 2.34. The minimum absolute atomic E-state index is 0.0298. The van der Waals surface area contributed by atoms with Crippen molar-refractivity contribution in [2.75, 3.05) is 18.0 Å². The summed E-state index contributed by atoms with van der Waals surface area (Å²) in [6.45, 7) is 5.38. The number of amides is 1. The van der Waals surface area contributed by atoms with Crippen LogP contribution in [0.1, 0.15) is 50.0 Å². The summed E-state index contributed by atoms with van der Waals surface area (Å²) >= 11 is 0. The number of furan rings is 1. The van der Waals surface area contributed by atoms with Crippen LogP contribution in [0.4, 0.5) is 18.9 Å². The van der Waals surface area contributed by atoms with Gasteiger partial charge in [0.05, 0.1) is 18.4 Å². The SMILES string of the molecule is CCN(CC)c1ccc(CN(Cc2ccco2)C(=O)C2CCC2)c(OS(=O)(=O)c2cccc(C(F)(F)F)c2)c1. The van der Waals surface area contributed by atoms with Gasteiger partial charge in [-0.05, 0) is 63.1 Å². The van der Waals surface area contributed by atoms with E-state index in [9.17, 15) is 26.4 Å². The van der Waals surface area contributed by atoms with Crippen molar-refractivity contribution in [1.29, 1.82) is 0 Å². The van der Waals surface area contributed by atoms with Crippen LogP contribution in [0, 0.1) is 5.92 Å². The third-order valence-electron chi connectivity index (χ3n) is 6.88. The van der Waals surface area contributed by atoms with Gasteiger partial charge in [-0.2, -0.15) is 21.6 Å². The van der Waals surface area contributed by atoms with Crippen molar-refractivity contribution >= 4 is 21.7 Å². The largest absolute Gasteiger partial charge is 0.467 e. The highest BCUT2D eigenvalue weighted by molar-refractivity contribution is 7.87. The first-order valence-corrected chi connectivity index (χ1v) is 14.2. The molecule has 39 heavy (non-hydrogen) atoms. The van der Waals surface area contributed by atoms with Gasteiger partial charge < -0.3 is 18.4 Å². The number of hydrogen-bond acceptors (Lipinski definition) is 6. The van der Waals surface area contributed by atoms with Gasteiger partial charge >= 0.3 is 16.3 Å². The lowest BCUT2D eigenvalue weighted by Crippen LogP contribution is -2.38. The Morgan fingerprint density at radius 3 is 2.36 bits per heavy atom. The molecule has 1 aliphatic rings. The number of nitrogens with zero attached hydrogens (tertiary/aromatic N) is 2. The van der Waals surface area contributed by atoms with Crippen molar-refractivity contribution in [2.45, 2.75) is 57.3 Å². The van der Waals surface area contributed by atoms with Crippen molar-refractivity contribution in [3.05, 3.63) is 77.7 Å². The fourth-order valence-electron chi connectivity index (χ4n) is 4.45. The molecule has 1 heterocycles. The Morgan fingerprint density at radius 1 is 1.03 bits per heavy atom. The maximum absolute atomic E-state index is 13.3. The van der Waals surface area contributed by atoms with Crippen molar-refractivity contribution in [3.8, 4) is 5.75 Å². The minimum Gasteiger partial charge on any atom is -0.467 e. The van der Waals surface area contributed by atoms with E-state index < -0.39 is 26.8 Å². The summed E-state index contributed by atoms with van der Waals surface area (Å²) in [5, 5.41) is 0. The topological polar surface area (TPSA) is 80.1 Å². The van der Waals surface area contributed by atoms with E-state index in [1.165, 1.54) is 6.26 Å². The highest BCUT2D eigenvalue weighted by Gasteiger charge is 2.33. The van der Waals surface area contributed by atoms with E-state index in [0.29, 0.717) is 36.2 Å². The number of rotatable bonds is 11. The summed E-state index contributed by atoms with van der Waals surface area (Å²) in [6.07, 6.45) is -0.680. The summed E-state index contributed by atoms with van der Waals surface area (Å²) in [4.78, 5) is 16.2. The smallest absolute Gasteiger partial charge is 0.416 e. The van der Waals surface area contributed by atoms with E-state index in [4.69, 9.17) is 8.60 Å². The Morgan fingerprint density at radius 2 is 1.77 bits per heavy atom.